The van der Waals surface area contributed by atoms with Crippen molar-refractivity contribution in [2.45, 2.75) is 19.9 Å². The van der Waals surface area contributed by atoms with Crippen LogP contribution in [0.4, 0.5) is 0 Å². The zero-order valence-corrected chi connectivity index (χ0v) is 13.3. The minimum absolute atomic E-state index is 0.0248. The maximum atomic E-state index is 6.13. The van der Waals surface area contributed by atoms with Gasteiger partial charge in [0.05, 0.1) is 12.0 Å². The maximum absolute atomic E-state index is 6.13. The van der Waals surface area contributed by atoms with Crippen LogP contribution < -0.4 is 10.1 Å². The highest BCUT2D eigenvalue weighted by Crippen LogP contribution is 2.37. The van der Waals surface area contributed by atoms with Gasteiger partial charge in [0.1, 0.15) is 23.1 Å². The van der Waals surface area contributed by atoms with E-state index in [9.17, 15) is 0 Å². The number of hydrogen-bond donors (Lipinski definition) is 1. The fraction of sp³-hybridized carbons (Fsp3) is 0.294. The highest BCUT2D eigenvalue weighted by Gasteiger charge is 2.22. The predicted octanol–water partition coefficient (Wildman–Crippen LogP) is 4.51. The number of furan rings is 1. The number of nitrogens with one attached hydrogen (secondary N) is 1. The average Bonchev–Trinajstić information content (AvgIpc) is 3.11. The van der Waals surface area contributed by atoms with Crippen LogP contribution in [-0.2, 0) is 0 Å². The fourth-order valence-electron chi connectivity index (χ4n) is 2.59. The van der Waals surface area contributed by atoms with Gasteiger partial charge in [-0.2, -0.15) is 0 Å². The highest BCUT2D eigenvalue weighted by molar-refractivity contribution is 7.10. The molecule has 1 unspecified atom stereocenters. The topological polar surface area (TPSA) is 34.4 Å². The van der Waals surface area contributed by atoms with Crippen LogP contribution in [0, 0.1) is 6.92 Å². The van der Waals surface area contributed by atoms with E-state index in [1.165, 1.54) is 0 Å². The van der Waals surface area contributed by atoms with Gasteiger partial charge in [-0.3, -0.25) is 0 Å². The summed E-state index contributed by atoms with van der Waals surface area (Å²) < 4.78 is 11.6. The first-order chi connectivity index (χ1) is 10.2. The molecule has 3 aromatic rings. The molecular formula is C17H19NO2S. The Morgan fingerprint density at radius 1 is 1.33 bits per heavy atom. The Morgan fingerprint density at radius 3 is 2.90 bits per heavy atom. The van der Waals surface area contributed by atoms with E-state index in [1.807, 2.05) is 11.4 Å². The lowest BCUT2D eigenvalue weighted by Crippen LogP contribution is -2.21. The summed E-state index contributed by atoms with van der Waals surface area (Å²) in [6, 6.07) is 10.4. The molecule has 0 aliphatic carbocycles. The molecule has 2 aromatic heterocycles. The summed E-state index contributed by atoms with van der Waals surface area (Å²) in [6.07, 6.45) is 0. The van der Waals surface area contributed by atoms with Crippen molar-refractivity contribution in [3.8, 4) is 5.75 Å². The van der Waals surface area contributed by atoms with Gasteiger partial charge in [-0.25, -0.2) is 0 Å². The smallest absolute Gasteiger partial charge is 0.137 e. The molecule has 21 heavy (non-hydrogen) atoms. The van der Waals surface area contributed by atoms with Crippen molar-refractivity contribution in [2.75, 3.05) is 13.7 Å². The molecule has 0 bridgehead atoms. The van der Waals surface area contributed by atoms with E-state index in [0.29, 0.717) is 0 Å². The molecule has 1 N–H and O–H groups in total. The Bertz CT molecular complexity index is 744. The second kappa shape index (κ2) is 5.92. The Hall–Kier alpha value is -1.78. The number of para-hydroxylation sites is 1. The molecule has 0 fully saturated rings. The zero-order valence-electron chi connectivity index (χ0n) is 12.5. The number of rotatable bonds is 5. The Balaban J connectivity index is 2.09. The predicted molar refractivity (Wildman–Crippen MR) is 87.3 cm³/mol. The summed E-state index contributed by atoms with van der Waals surface area (Å²) in [4.78, 5) is 1.15. The summed E-state index contributed by atoms with van der Waals surface area (Å²) in [5.74, 6) is 1.84. The van der Waals surface area contributed by atoms with Gasteiger partial charge in [0.2, 0.25) is 0 Å². The molecule has 3 nitrogen and oxygen atoms in total. The van der Waals surface area contributed by atoms with E-state index in [0.717, 1.165) is 39.5 Å². The quantitative estimate of drug-likeness (QED) is 0.753. The first-order valence-electron chi connectivity index (χ1n) is 7.08. The molecule has 2 heterocycles. The van der Waals surface area contributed by atoms with E-state index >= 15 is 0 Å². The van der Waals surface area contributed by atoms with E-state index in [-0.39, 0.29) is 6.04 Å². The molecule has 0 spiro atoms. The maximum Gasteiger partial charge on any atom is 0.137 e. The number of thiophene rings is 1. The van der Waals surface area contributed by atoms with Gasteiger partial charge >= 0.3 is 0 Å². The van der Waals surface area contributed by atoms with Crippen LogP contribution in [-0.4, -0.2) is 13.7 Å². The lowest BCUT2D eigenvalue weighted by Gasteiger charge is -2.15. The summed E-state index contributed by atoms with van der Waals surface area (Å²) in [5.41, 5.74) is 2.12. The van der Waals surface area contributed by atoms with E-state index in [1.54, 1.807) is 18.4 Å². The minimum atomic E-state index is 0.0248. The van der Waals surface area contributed by atoms with E-state index < -0.39 is 0 Å². The van der Waals surface area contributed by atoms with Crippen molar-refractivity contribution >= 4 is 22.3 Å². The van der Waals surface area contributed by atoms with Gasteiger partial charge in [0.25, 0.3) is 0 Å². The Labute approximate surface area is 128 Å². The molecular weight excluding hydrogens is 282 g/mol. The summed E-state index contributed by atoms with van der Waals surface area (Å²) >= 11 is 1.68. The van der Waals surface area contributed by atoms with E-state index in [4.69, 9.17) is 9.15 Å². The third kappa shape index (κ3) is 2.57. The summed E-state index contributed by atoms with van der Waals surface area (Å²) in [7, 11) is 1.71. The van der Waals surface area contributed by atoms with Crippen molar-refractivity contribution < 1.29 is 9.15 Å². The molecule has 0 amide bonds. The van der Waals surface area contributed by atoms with Gasteiger partial charge in [0.15, 0.2) is 0 Å². The second-order valence-corrected chi connectivity index (χ2v) is 5.93. The van der Waals surface area contributed by atoms with Gasteiger partial charge in [-0.05, 0) is 36.5 Å². The van der Waals surface area contributed by atoms with Crippen LogP contribution in [0.3, 0.4) is 0 Å². The molecule has 4 heteroatoms. The van der Waals surface area contributed by atoms with Crippen molar-refractivity contribution in [3.05, 3.63) is 51.9 Å². The number of benzene rings is 1. The van der Waals surface area contributed by atoms with Crippen molar-refractivity contribution in [1.29, 1.82) is 0 Å². The largest absolute Gasteiger partial charge is 0.496 e. The van der Waals surface area contributed by atoms with Crippen molar-refractivity contribution in [3.63, 3.8) is 0 Å². The fourth-order valence-corrected chi connectivity index (χ4v) is 3.53. The Morgan fingerprint density at radius 2 is 2.19 bits per heavy atom. The third-order valence-corrected chi connectivity index (χ3v) is 4.56. The van der Waals surface area contributed by atoms with Crippen LogP contribution in [0.2, 0.25) is 0 Å². The van der Waals surface area contributed by atoms with Crippen LogP contribution >= 0.6 is 11.3 Å². The zero-order chi connectivity index (χ0) is 14.8. The van der Waals surface area contributed by atoms with Crippen LogP contribution in [0.25, 0.3) is 11.0 Å². The third-order valence-electron chi connectivity index (χ3n) is 3.59. The molecule has 1 aromatic carbocycles. The van der Waals surface area contributed by atoms with Gasteiger partial charge in [-0.1, -0.05) is 25.1 Å². The van der Waals surface area contributed by atoms with Crippen LogP contribution in [0.1, 0.15) is 29.2 Å². The van der Waals surface area contributed by atoms with Gasteiger partial charge < -0.3 is 14.5 Å². The standard InChI is InChI=1S/C17H19NO2S/c1-4-18-15(17-13(19-3)8-9-21-17)14-10-12-7-5-6-11(2)16(12)20-14/h5-10,15,18H,4H2,1-3H3. The van der Waals surface area contributed by atoms with Crippen molar-refractivity contribution in [1.82, 2.24) is 5.32 Å². The monoisotopic (exact) mass is 301 g/mol. The molecule has 1 atom stereocenters. The normalized spacial score (nSPS) is 12.7. The lowest BCUT2D eigenvalue weighted by molar-refractivity contribution is 0.401. The molecule has 3 rings (SSSR count). The van der Waals surface area contributed by atoms with Gasteiger partial charge in [0, 0.05) is 5.39 Å². The number of ether oxygens (including phenoxy) is 1. The average molecular weight is 301 g/mol. The van der Waals surface area contributed by atoms with Crippen LogP contribution in [0.15, 0.2) is 40.1 Å². The van der Waals surface area contributed by atoms with Crippen molar-refractivity contribution in [2.24, 2.45) is 0 Å². The molecule has 0 saturated heterocycles. The number of methoxy groups -OCH3 is 1. The summed E-state index contributed by atoms with van der Waals surface area (Å²) in [5, 5.41) is 6.68. The molecule has 0 saturated carbocycles. The number of aryl methyl sites for hydroxylation is 1. The first kappa shape index (κ1) is 14.2. The first-order valence-corrected chi connectivity index (χ1v) is 7.96. The number of hydrogen-bond acceptors (Lipinski definition) is 4. The molecule has 0 aliphatic rings. The lowest BCUT2D eigenvalue weighted by atomic mass is 10.1. The highest BCUT2D eigenvalue weighted by atomic mass is 32.1. The minimum Gasteiger partial charge on any atom is -0.496 e. The number of fused-ring (bicyclic) bond motifs is 1. The van der Waals surface area contributed by atoms with Crippen LogP contribution in [0.5, 0.6) is 5.75 Å². The van der Waals surface area contributed by atoms with Gasteiger partial charge in [-0.15, -0.1) is 11.3 Å². The summed E-state index contributed by atoms with van der Waals surface area (Å²) in [6.45, 7) is 5.03. The molecule has 0 radical (unpaired) electrons. The molecule has 110 valence electrons. The SMILES string of the molecule is CCNC(c1cc2cccc(C)c2o1)c1sccc1OC. The van der Waals surface area contributed by atoms with E-state index in [2.05, 4.69) is 43.4 Å². The Kier molecular flexibility index (Phi) is 3.99. The molecule has 0 aliphatic heterocycles. The second-order valence-electron chi connectivity index (χ2n) is 4.99.